The molecule has 4 aromatic rings. The molecule has 1 aromatic carbocycles. The van der Waals surface area contributed by atoms with Crippen molar-refractivity contribution in [3.8, 4) is 11.4 Å². The van der Waals surface area contributed by atoms with E-state index >= 15 is 0 Å². The van der Waals surface area contributed by atoms with Crippen molar-refractivity contribution in [3.05, 3.63) is 65.9 Å². The molecular formula is C22H18N6O4. The average molecular weight is 430 g/mol. The number of ether oxygens (including phenoxy) is 1. The molecular weight excluding hydrogens is 412 g/mol. The summed E-state index contributed by atoms with van der Waals surface area (Å²) in [4.78, 5) is 35.2. The number of aromatic nitrogens is 4. The molecule has 2 fully saturated rings. The standard InChI is InChI=1S/C22H18N6O4/c1-13-5-6-14(19-25-18(32-26-19)10-28-21(30)22(28)11-31-12-22)8-15(13)24-20(29)16-9-23-17-4-2-3-7-27(16)17/h2-9H,10-12H2,1H3,(H,24,29). The third kappa shape index (κ3) is 2.80. The van der Waals surface area contributed by atoms with Gasteiger partial charge in [0.25, 0.3) is 11.8 Å². The summed E-state index contributed by atoms with van der Waals surface area (Å²) >= 11 is 0. The summed E-state index contributed by atoms with van der Waals surface area (Å²) in [6.07, 6.45) is 3.34. The number of hydrogen-bond donors (Lipinski definition) is 1. The molecule has 5 heterocycles. The summed E-state index contributed by atoms with van der Waals surface area (Å²) in [5, 5.41) is 6.99. The van der Waals surface area contributed by atoms with Gasteiger partial charge in [-0.3, -0.25) is 14.0 Å². The van der Waals surface area contributed by atoms with Crippen LogP contribution in [0.25, 0.3) is 17.0 Å². The molecule has 0 saturated carbocycles. The molecule has 2 aliphatic rings. The van der Waals surface area contributed by atoms with E-state index in [1.165, 1.54) is 0 Å². The van der Waals surface area contributed by atoms with Crippen LogP contribution < -0.4 is 5.32 Å². The highest BCUT2D eigenvalue weighted by molar-refractivity contribution is 6.04. The highest BCUT2D eigenvalue weighted by atomic mass is 16.5. The lowest BCUT2D eigenvalue weighted by Crippen LogP contribution is -2.42. The maximum absolute atomic E-state index is 12.9. The van der Waals surface area contributed by atoms with Crippen LogP contribution in [-0.4, -0.2) is 55.0 Å². The third-order valence-corrected chi connectivity index (χ3v) is 5.95. The molecule has 1 spiro atoms. The quantitative estimate of drug-likeness (QED) is 0.482. The predicted molar refractivity (Wildman–Crippen MR) is 112 cm³/mol. The Bertz CT molecular complexity index is 1390. The normalized spacial score (nSPS) is 16.4. The molecule has 10 nitrogen and oxygen atoms in total. The maximum atomic E-state index is 12.9. The van der Waals surface area contributed by atoms with Gasteiger partial charge in [-0.15, -0.1) is 0 Å². The minimum absolute atomic E-state index is 0.0521. The highest BCUT2D eigenvalue weighted by Gasteiger charge is 2.67. The van der Waals surface area contributed by atoms with Crippen LogP contribution >= 0.6 is 0 Å². The third-order valence-electron chi connectivity index (χ3n) is 5.95. The summed E-state index contributed by atoms with van der Waals surface area (Å²) in [6.45, 7) is 3.00. The Balaban J connectivity index is 1.22. The molecule has 10 heteroatoms. The Kier molecular flexibility index (Phi) is 3.93. The first-order valence-electron chi connectivity index (χ1n) is 10.1. The lowest BCUT2D eigenvalue weighted by molar-refractivity contribution is -0.117. The van der Waals surface area contributed by atoms with Gasteiger partial charge in [0.2, 0.25) is 11.7 Å². The Morgan fingerprint density at radius 3 is 2.91 bits per heavy atom. The number of aryl methyl sites for hydroxylation is 1. The van der Waals surface area contributed by atoms with Crippen LogP contribution in [0.5, 0.6) is 0 Å². The van der Waals surface area contributed by atoms with Crippen LogP contribution in [0.4, 0.5) is 5.69 Å². The summed E-state index contributed by atoms with van der Waals surface area (Å²) in [5.41, 5.74) is 2.87. The van der Waals surface area contributed by atoms with Crippen LogP contribution in [0.3, 0.4) is 0 Å². The van der Waals surface area contributed by atoms with Crippen molar-refractivity contribution in [2.24, 2.45) is 0 Å². The number of anilines is 1. The van der Waals surface area contributed by atoms with Crippen LogP contribution in [0.1, 0.15) is 21.9 Å². The fourth-order valence-electron chi connectivity index (χ4n) is 3.90. The van der Waals surface area contributed by atoms with E-state index in [0.29, 0.717) is 47.5 Å². The number of rotatable bonds is 5. The number of nitrogens with one attached hydrogen (secondary N) is 1. The van der Waals surface area contributed by atoms with Gasteiger partial charge >= 0.3 is 0 Å². The Labute approximate surface area is 181 Å². The first-order chi connectivity index (χ1) is 15.5. The average Bonchev–Trinajstić information content (AvgIpc) is 3.12. The first-order valence-corrected chi connectivity index (χ1v) is 10.1. The zero-order valence-corrected chi connectivity index (χ0v) is 17.1. The number of pyridine rings is 1. The molecule has 0 bridgehead atoms. The molecule has 2 saturated heterocycles. The molecule has 0 unspecified atom stereocenters. The van der Waals surface area contributed by atoms with Gasteiger partial charge in [-0.2, -0.15) is 4.98 Å². The van der Waals surface area contributed by atoms with E-state index in [0.717, 1.165) is 5.56 Å². The van der Waals surface area contributed by atoms with E-state index in [4.69, 9.17) is 9.26 Å². The molecule has 1 N–H and O–H groups in total. The minimum Gasteiger partial charge on any atom is -0.375 e. The van der Waals surface area contributed by atoms with Crippen LogP contribution in [0, 0.1) is 6.92 Å². The van der Waals surface area contributed by atoms with Crippen molar-refractivity contribution < 1.29 is 18.8 Å². The molecule has 160 valence electrons. The lowest BCUT2D eigenvalue weighted by Gasteiger charge is -2.23. The number of carbonyl (C=O) groups is 2. The van der Waals surface area contributed by atoms with Gasteiger partial charge in [0, 0.05) is 17.4 Å². The summed E-state index contributed by atoms with van der Waals surface area (Å²) in [7, 11) is 0. The van der Waals surface area contributed by atoms with Gasteiger partial charge in [-0.05, 0) is 30.7 Å². The Morgan fingerprint density at radius 2 is 2.12 bits per heavy atom. The van der Waals surface area contributed by atoms with Crippen LogP contribution in [-0.2, 0) is 16.1 Å². The largest absolute Gasteiger partial charge is 0.375 e. The highest BCUT2D eigenvalue weighted by Crippen LogP contribution is 2.42. The van der Waals surface area contributed by atoms with E-state index < -0.39 is 5.54 Å². The SMILES string of the molecule is Cc1ccc(-c2noc(CN3C(=O)C34COC4)n2)cc1NC(=O)c1cnc2ccccn12. The number of fused-ring (bicyclic) bond motifs is 1. The molecule has 0 aliphatic carbocycles. The van der Waals surface area contributed by atoms with Gasteiger partial charge < -0.3 is 19.5 Å². The topological polar surface area (TPSA) is 115 Å². The smallest absolute Gasteiger partial charge is 0.274 e. The molecule has 2 aliphatic heterocycles. The van der Waals surface area contributed by atoms with Gasteiger partial charge in [0.15, 0.2) is 5.54 Å². The van der Waals surface area contributed by atoms with Crippen LogP contribution in [0.2, 0.25) is 0 Å². The Morgan fingerprint density at radius 1 is 1.25 bits per heavy atom. The monoisotopic (exact) mass is 430 g/mol. The van der Waals surface area contributed by atoms with E-state index in [2.05, 4.69) is 20.4 Å². The molecule has 6 rings (SSSR count). The summed E-state index contributed by atoms with van der Waals surface area (Å²) in [5.74, 6) is 0.523. The second kappa shape index (κ2) is 6.72. The predicted octanol–water partition coefficient (Wildman–Crippen LogP) is 2.06. The van der Waals surface area contributed by atoms with Crippen molar-refractivity contribution in [1.82, 2.24) is 24.4 Å². The molecule has 3 aromatic heterocycles. The van der Waals surface area contributed by atoms with Gasteiger partial charge in [-0.25, -0.2) is 4.98 Å². The number of amides is 2. The van der Waals surface area contributed by atoms with Gasteiger partial charge in [0.05, 0.1) is 19.4 Å². The number of nitrogens with zero attached hydrogens (tertiary/aromatic N) is 5. The minimum atomic E-state index is -0.478. The van der Waals surface area contributed by atoms with Gasteiger partial charge in [0.1, 0.15) is 17.9 Å². The zero-order chi connectivity index (χ0) is 21.9. The molecule has 2 amide bonds. The number of imidazole rings is 1. The summed E-state index contributed by atoms with van der Waals surface area (Å²) in [6, 6.07) is 11.1. The first kappa shape index (κ1) is 18.7. The fraction of sp³-hybridized carbons (Fsp3) is 0.227. The van der Waals surface area contributed by atoms with E-state index in [1.54, 1.807) is 27.8 Å². The number of benzene rings is 1. The van der Waals surface area contributed by atoms with Gasteiger partial charge in [-0.1, -0.05) is 23.4 Å². The molecule has 32 heavy (non-hydrogen) atoms. The van der Waals surface area contributed by atoms with Crippen molar-refractivity contribution >= 4 is 23.1 Å². The Hall–Kier alpha value is -4.05. The van der Waals surface area contributed by atoms with E-state index in [-0.39, 0.29) is 18.4 Å². The number of carbonyl (C=O) groups excluding carboxylic acids is 2. The van der Waals surface area contributed by atoms with Crippen LogP contribution in [0.15, 0.2) is 53.3 Å². The second-order valence-electron chi connectivity index (χ2n) is 7.98. The van der Waals surface area contributed by atoms with E-state index in [1.807, 2.05) is 37.3 Å². The lowest BCUT2D eigenvalue weighted by atomic mass is 10.1. The van der Waals surface area contributed by atoms with Crippen molar-refractivity contribution in [2.45, 2.75) is 19.0 Å². The second-order valence-corrected chi connectivity index (χ2v) is 7.98. The molecule has 0 atom stereocenters. The number of hydrogen-bond acceptors (Lipinski definition) is 7. The molecule has 0 radical (unpaired) electrons. The summed E-state index contributed by atoms with van der Waals surface area (Å²) < 4.78 is 12.2. The zero-order valence-electron chi connectivity index (χ0n) is 17.1. The van der Waals surface area contributed by atoms with E-state index in [9.17, 15) is 9.59 Å². The fourth-order valence-corrected chi connectivity index (χ4v) is 3.90. The van der Waals surface area contributed by atoms with Crippen molar-refractivity contribution in [3.63, 3.8) is 0 Å². The van der Waals surface area contributed by atoms with Crippen molar-refractivity contribution in [1.29, 1.82) is 0 Å². The van der Waals surface area contributed by atoms with Crippen molar-refractivity contribution in [2.75, 3.05) is 18.5 Å². The maximum Gasteiger partial charge on any atom is 0.274 e.